The Bertz CT molecular complexity index is 1050. The van der Waals surface area contributed by atoms with Gasteiger partial charge in [0.05, 0.1) is 16.1 Å². The molecule has 0 aliphatic carbocycles. The minimum atomic E-state index is -3.59. The van der Waals surface area contributed by atoms with Gasteiger partial charge in [0, 0.05) is 22.0 Å². The van der Waals surface area contributed by atoms with Gasteiger partial charge < -0.3 is 10.1 Å². The molecule has 7 nitrogen and oxygen atoms in total. The van der Waals surface area contributed by atoms with Gasteiger partial charge >= 0.3 is 5.97 Å². The number of nitrogens with one attached hydrogen (secondary N) is 1. The highest BCUT2D eigenvalue weighted by Crippen LogP contribution is 2.26. The number of carbonyl (C=O) groups excluding carboxylic acids is 2. The number of esters is 1. The SMILES string of the molecule is O=C(COC(=O)c1ccc(S(=O)(=O)N2CCCCCC2)cc1)Nc1ccc(Br)cc1Br. The van der Waals surface area contributed by atoms with Crippen molar-refractivity contribution >= 4 is 59.4 Å². The maximum atomic E-state index is 12.8. The number of hydrogen-bond donors (Lipinski definition) is 1. The molecule has 0 unspecified atom stereocenters. The number of nitrogens with zero attached hydrogens (tertiary/aromatic N) is 1. The lowest BCUT2D eigenvalue weighted by Gasteiger charge is -2.20. The molecule has 2 aromatic rings. The van der Waals surface area contributed by atoms with E-state index in [0.717, 1.165) is 30.2 Å². The highest BCUT2D eigenvalue weighted by atomic mass is 79.9. The van der Waals surface area contributed by atoms with Gasteiger partial charge in [-0.1, -0.05) is 28.8 Å². The first kappa shape index (κ1) is 23.9. The van der Waals surface area contributed by atoms with E-state index >= 15 is 0 Å². The zero-order chi connectivity index (χ0) is 22.4. The summed E-state index contributed by atoms with van der Waals surface area (Å²) in [5.41, 5.74) is 0.722. The maximum absolute atomic E-state index is 12.8. The van der Waals surface area contributed by atoms with E-state index < -0.39 is 28.5 Å². The lowest BCUT2D eigenvalue weighted by Crippen LogP contribution is -2.31. The maximum Gasteiger partial charge on any atom is 0.338 e. The highest BCUT2D eigenvalue weighted by molar-refractivity contribution is 9.11. The van der Waals surface area contributed by atoms with E-state index in [2.05, 4.69) is 37.2 Å². The molecule has 3 rings (SSSR count). The molecular weight excluding hydrogens is 552 g/mol. The van der Waals surface area contributed by atoms with Gasteiger partial charge in [-0.2, -0.15) is 4.31 Å². The van der Waals surface area contributed by atoms with Gasteiger partial charge in [-0.25, -0.2) is 13.2 Å². The summed E-state index contributed by atoms with van der Waals surface area (Å²) in [6.45, 7) is 0.556. The standard InChI is InChI=1S/C21H22Br2N2O5S/c22-16-7-10-19(18(23)13-16)24-20(26)14-30-21(27)15-5-8-17(9-6-15)31(28,29)25-11-3-1-2-4-12-25/h5-10,13H,1-4,11-12,14H2,(H,24,26). The van der Waals surface area contributed by atoms with Gasteiger partial charge in [0.15, 0.2) is 6.61 Å². The van der Waals surface area contributed by atoms with Crippen molar-refractivity contribution in [2.24, 2.45) is 0 Å². The summed E-state index contributed by atoms with van der Waals surface area (Å²) < 4.78 is 33.7. The molecule has 0 radical (unpaired) electrons. The molecule has 166 valence electrons. The third-order valence-electron chi connectivity index (χ3n) is 4.83. The fraction of sp³-hybridized carbons (Fsp3) is 0.333. The van der Waals surface area contributed by atoms with Crippen molar-refractivity contribution < 1.29 is 22.7 Å². The van der Waals surface area contributed by atoms with Crippen molar-refractivity contribution in [1.29, 1.82) is 0 Å². The van der Waals surface area contributed by atoms with Crippen LogP contribution in [0.2, 0.25) is 0 Å². The minimum Gasteiger partial charge on any atom is -0.452 e. The van der Waals surface area contributed by atoms with Crippen LogP contribution < -0.4 is 5.32 Å². The molecule has 31 heavy (non-hydrogen) atoms. The van der Waals surface area contributed by atoms with Crippen LogP contribution in [0.15, 0.2) is 56.3 Å². The molecule has 0 saturated carbocycles. The van der Waals surface area contributed by atoms with Crippen LogP contribution in [0.3, 0.4) is 0 Å². The first-order valence-electron chi connectivity index (χ1n) is 9.79. The Hall–Kier alpha value is -1.75. The van der Waals surface area contributed by atoms with Crippen molar-refractivity contribution in [3.05, 3.63) is 57.0 Å². The fourth-order valence-corrected chi connectivity index (χ4v) is 5.85. The van der Waals surface area contributed by atoms with Crippen molar-refractivity contribution in [1.82, 2.24) is 4.31 Å². The summed E-state index contributed by atoms with van der Waals surface area (Å²) in [5, 5.41) is 2.65. The van der Waals surface area contributed by atoms with E-state index in [1.807, 2.05) is 0 Å². The molecule has 0 spiro atoms. The number of benzene rings is 2. The smallest absolute Gasteiger partial charge is 0.338 e. The molecule has 1 heterocycles. The Morgan fingerprint density at radius 1 is 0.968 bits per heavy atom. The largest absolute Gasteiger partial charge is 0.452 e. The monoisotopic (exact) mass is 572 g/mol. The van der Waals surface area contributed by atoms with E-state index in [-0.39, 0.29) is 10.5 Å². The van der Waals surface area contributed by atoms with Crippen LogP contribution in [0.1, 0.15) is 36.0 Å². The number of carbonyl (C=O) groups is 2. The summed E-state index contributed by atoms with van der Waals surface area (Å²) in [7, 11) is -3.59. The molecule has 1 saturated heterocycles. The van der Waals surface area contributed by atoms with E-state index in [4.69, 9.17) is 4.74 Å². The topological polar surface area (TPSA) is 92.8 Å². The number of halogens is 2. The quantitative estimate of drug-likeness (QED) is 0.511. The second-order valence-corrected chi connectivity index (χ2v) is 10.8. The van der Waals surface area contributed by atoms with Crippen molar-refractivity contribution in [2.45, 2.75) is 30.6 Å². The summed E-state index contributed by atoms with van der Waals surface area (Å²) in [6, 6.07) is 10.9. The number of anilines is 1. The minimum absolute atomic E-state index is 0.142. The van der Waals surface area contributed by atoms with E-state index in [9.17, 15) is 18.0 Å². The second kappa shape index (κ2) is 10.7. The molecule has 1 amide bonds. The molecule has 0 bridgehead atoms. The Morgan fingerprint density at radius 3 is 2.23 bits per heavy atom. The van der Waals surface area contributed by atoms with Gasteiger partial charge in [0.2, 0.25) is 10.0 Å². The van der Waals surface area contributed by atoms with Gasteiger partial charge in [0.25, 0.3) is 5.91 Å². The Kier molecular flexibility index (Phi) is 8.26. The zero-order valence-electron chi connectivity index (χ0n) is 16.6. The molecule has 2 aromatic carbocycles. The van der Waals surface area contributed by atoms with Gasteiger partial charge in [0.1, 0.15) is 0 Å². The van der Waals surface area contributed by atoms with Crippen molar-refractivity contribution in [3.8, 4) is 0 Å². The molecule has 0 aromatic heterocycles. The second-order valence-electron chi connectivity index (χ2n) is 7.09. The predicted molar refractivity (Wildman–Crippen MR) is 124 cm³/mol. The predicted octanol–water partition coefficient (Wildman–Crippen LogP) is 4.57. The summed E-state index contributed by atoms with van der Waals surface area (Å²) in [4.78, 5) is 24.5. The van der Waals surface area contributed by atoms with Crippen LogP contribution in [-0.2, 0) is 19.6 Å². The number of sulfonamides is 1. The van der Waals surface area contributed by atoms with Crippen LogP contribution in [0, 0.1) is 0 Å². The Labute approximate surface area is 198 Å². The van der Waals surface area contributed by atoms with E-state index in [0.29, 0.717) is 23.2 Å². The lowest BCUT2D eigenvalue weighted by atomic mass is 10.2. The molecule has 0 atom stereocenters. The van der Waals surface area contributed by atoms with Crippen molar-refractivity contribution in [3.63, 3.8) is 0 Å². The first-order chi connectivity index (χ1) is 14.8. The van der Waals surface area contributed by atoms with Crippen LogP contribution in [0.4, 0.5) is 5.69 Å². The van der Waals surface area contributed by atoms with Crippen LogP contribution in [0.5, 0.6) is 0 Å². The average Bonchev–Trinajstić information content (AvgIpc) is 3.04. The lowest BCUT2D eigenvalue weighted by molar-refractivity contribution is -0.119. The number of amides is 1. The molecule has 1 fully saturated rings. The van der Waals surface area contributed by atoms with E-state index in [1.165, 1.54) is 28.6 Å². The fourth-order valence-electron chi connectivity index (χ4n) is 3.19. The summed E-state index contributed by atoms with van der Waals surface area (Å²) >= 11 is 6.67. The van der Waals surface area contributed by atoms with Gasteiger partial charge in [-0.15, -0.1) is 0 Å². The van der Waals surface area contributed by atoms with Crippen molar-refractivity contribution in [2.75, 3.05) is 25.0 Å². The van der Waals surface area contributed by atoms with Crippen LogP contribution in [-0.4, -0.2) is 44.3 Å². The summed E-state index contributed by atoms with van der Waals surface area (Å²) in [6.07, 6.45) is 3.76. The van der Waals surface area contributed by atoms with Gasteiger partial charge in [-0.3, -0.25) is 4.79 Å². The number of rotatable bonds is 6. The normalized spacial score (nSPS) is 15.2. The first-order valence-corrected chi connectivity index (χ1v) is 12.8. The molecular formula is C21H22Br2N2O5S. The third kappa shape index (κ3) is 6.38. The van der Waals surface area contributed by atoms with Crippen LogP contribution >= 0.6 is 31.9 Å². The Morgan fingerprint density at radius 2 is 1.61 bits per heavy atom. The third-order valence-corrected chi connectivity index (χ3v) is 7.89. The average molecular weight is 574 g/mol. The molecule has 1 N–H and O–H groups in total. The Balaban J connectivity index is 1.58. The number of ether oxygens (including phenoxy) is 1. The zero-order valence-corrected chi connectivity index (χ0v) is 20.6. The number of hydrogen-bond acceptors (Lipinski definition) is 5. The molecule has 10 heteroatoms. The summed E-state index contributed by atoms with van der Waals surface area (Å²) in [5.74, 6) is -1.19. The molecule has 1 aliphatic rings. The molecule has 1 aliphatic heterocycles. The van der Waals surface area contributed by atoms with Gasteiger partial charge in [-0.05, 0) is 71.2 Å². The highest BCUT2D eigenvalue weighted by Gasteiger charge is 2.25. The van der Waals surface area contributed by atoms with E-state index in [1.54, 1.807) is 18.2 Å². The van der Waals surface area contributed by atoms with Crippen LogP contribution in [0.25, 0.3) is 0 Å².